The van der Waals surface area contributed by atoms with E-state index in [1.807, 2.05) is 6.07 Å². The van der Waals surface area contributed by atoms with E-state index >= 15 is 0 Å². The van der Waals surface area contributed by atoms with E-state index in [1.54, 1.807) is 0 Å². The van der Waals surface area contributed by atoms with Gasteiger partial charge in [0, 0.05) is 37.2 Å². The molecular formula is C16H22BrN3. The van der Waals surface area contributed by atoms with Crippen LogP contribution in [-0.4, -0.2) is 42.0 Å². The molecule has 2 rings (SSSR count). The van der Waals surface area contributed by atoms with Gasteiger partial charge >= 0.3 is 0 Å². The monoisotopic (exact) mass is 335 g/mol. The van der Waals surface area contributed by atoms with Crippen LogP contribution in [0.3, 0.4) is 0 Å². The highest BCUT2D eigenvalue weighted by Gasteiger charge is 2.23. The predicted octanol–water partition coefficient (Wildman–Crippen LogP) is 3.26. The van der Waals surface area contributed by atoms with Crippen LogP contribution in [0.1, 0.15) is 25.3 Å². The molecule has 4 heteroatoms. The predicted molar refractivity (Wildman–Crippen MR) is 85.3 cm³/mol. The van der Waals surface area contributed by atoms with Crippen LogP contribution in [0.15, 0.2) is 28.7 Å². The van der Waals surface area contributed by atoms with Gasteiger partial charge in [0.15, 0.2) is 0 Å². The lowest BCUT2D eigenvalue weighted by atomic mass is 10.1. The Bertz CT molecular complexity index is 461. The fraction of sp³-hybridized carbons (Fsp3) is 0.562. The minimum absolute atomic E-state index is 0.102. The summed E-state index contributed by atoms with van der Waals surface area (Å²) in [5.74, 6) is 0. The van der Waals surface area contributed by atoms with Crippen LogP contribution >= 0.6 is 15.9 Å². The quantitative estimate of drug-likeness (QED) is 0.827. The maximum absolute atomic E-state index is 9.24. The Morgan fingerprint density at radius 3 is 2.55 bits per heavy atom. The molecule has 0 aromatic heterocycles. The van der Waals surface area contributed by atoms with Gasteiger partial charge in [-0.25, -0.2) is 0 Å². The number of nitrogens with zero attached hydrogens (tertiary/aromatic N) is 3. The molecule has 1 atom stereocenters. The first-order valence-electron chi connectivity index (χ1n) is 7.34. The van der Waals surface area contributed by atoms with Gasteiger partial charge in [-0.15, -0.1) is 0 Å². The number of nitriles is 1. The number of piperazine rings is 1. The van der Waals surface area contributed by atoms with Gasteiger partial charge in [-0.3, -0.25) is 9.80 Å². The maximum Gasteiger partial charge on any atom is 0.0978 e. The maximum atomic E-state index is 9.24. The lowest BCUT2D eigenvalue weighted by Gasteiger charge is -2.37. The van der Waals surface area contributed by atoms with Gasteiger partial charge in [-0.2, -0.15) is 5.26 Å². The van der Waals surface area contributed by atoms with Crippen molar-refractivity contribution in [3.05, 3.63) is 34.3 Å². The molecule has 1 heterocycles. The highest BCUT2D eigenvalue weighted by atomic mass is 79.9. The molecular weight excluding hydrogens is 314 g/mol. The number of rotatable bonds is 5. The van der Waals surface area contributed by atoms with Crippen molar-refractivity contribution < 1.29 is 0 Å². The third-order valence-electron chi connectivity index (χ3n) is 3.91. The number of benzene rings is 1. The number of hydrogen-bond acceptors (Lipinski definition) is 3. The second-order valence-electron chi connectivity index (χ2n) is 5.34. The van der Waals surface area contributed by atoms with Crippen molar-refractivity contribution in [3.63, 3.8) is 0 Å². The molecule has 3 nitrogen and oxygen atoms in total. The molecule has 0 aliphatic carbocycles. The van der Waals surface area contributed by atoms with Crippen LogP contribution in [0.5, 0.6) is 0 Å². The third-order valence-corrected chi connectivity index (χ3v) is 4.68. The SMILES string of the molecule is CCCC(C#N)N1CCN(Cc2ccccc2Br)CC1. The van der Waals surface area contributed by atoms with Crippen LogP contribution in [0.2, 0.25) is 0 Å². The summed E-state index contributed by atoms with van der Waals surface area (Å²) in [5.41, 5.74) is 1.34. The van der Waals surface area contributed by atoms with E-state index < -0.39 is 0 Å². The van der Waals surface area contributed by atoms with E-state index in [0.29, 0.717) is 0 Å². The van der Waals surface area contributed by atoms with Crippen molar-refractivity contribution in [1.29, 1.82) is 5.26 Å². The lowest BCUT2D eigenvalue weighted by Crippen LogP contribution is -2.49. The molecule has 20 heavy (non-hydrogen) atoms. The summed E-state index contributed by atoms with van der Waals surface area (Å²) >= 11 is 3.61. The summed E-state index contributed by atoms with van der Waals surface area (Å²) in [4.78, 5) is 4.80. The number of hydrogen-bond donors (Lipinski definition) is 0. The Morgan fingerprint density at radius 2 is 1.95 bits per heavy atom. The summed E-state index contributed by atoms with van der Waals surface area (Å²) in [6.07, 6.45) is 2.07. The molecule has 108 valence electrons. The minimum atomic E-state index is 0.102. The first-order chi connectivity index (χ1) is 9.74. The molecule has 1 aromatic carbocycles. The highest BCUT2D eigenvalue weighted by Crippen LogP contribution is 2.19. The van der Waals surface area contributed by atoms with Gasteiger partial charge in [0.05, 0.1) is 12.1 Å². The van der Waals surface area contributed by atoms with Crippen molar-refractivity contribution in [2.24, 2.45) is 0 Å². The Morgan fingerprint density at radius 1 is 1.25 bits per heavy atom. The molecule has 1 aliphatic rings. The lowest BCUT2D eigenvalue weighted by molar-refractivity contribution is 0.106. The summed E-state index contributed by atoms with van der Waals surface area (Å²) < 4.78 is 1.18. The zero-order valence-corrected chi connectivity index (χ0v) is 13.6. The molecule has 0 spiro atoms. The van der Waals surface area contributed by atoms with Crippen LogP contribution in [-0.2, 0) is 6.54 Å². The van der Waals surface area contributed by atoms with E-state index in [4.69, 9.17) is 0 Å². The van der Waals surface area contributed by atoms with E-state index in [1.165, 1.54) is 10.0 Å². The number of halogens is 1. The van der Waals surface area contributed by atoms with Crippen molar-refractivity contribution >= 4 is 15.9 Å². The zero-order chi connectivity index (χ0) is 14.4. The van der Waals surface area contributed by atoms with E-state index in [9.17, 15) is 5.26 Å². The van der Waals surface area contributed by atoms with Crippen LogP contribution in [0.4, 0.5) is 0 Å². The van der Waals surface area contributed by atoms with Gasteiger partial charge < -0.3 is 0 Å². The van der Waals surface area contributed by atoms with Gasteiger partial charge in [-0.05, 0) is 18.1 Å². The molecule has 1 fully saturated rings. The Kier molecular flexibility index (Phi) is 6.03. The molecule has 0 N–H and O–H groups in total. The second kappa shape index (κ2) is 7.78. The van der Waals surface area contributed by atoms with Crippen LogP contribution in [0, 0.1) is 11.3 Å². The largest absolute Gasteiger partial charge is 0.297 e. The third kappa shape index (κ3) is 4.05. The van der Waals surface area contributed by atoms with E-state index in [-0.39, 0.29) is 6.04 Å². The van der Waals surface area contributed by atoms with Gasteiger partial charge in [-0.1, -0.05) is 47.5 Å². The molecule has 0 radical (unpaired) electrons. The summed E-state index contributed by atoms with van der Waals surface area (Å²) in [5, 5.41) is 9.24. The molecule has 1 unspecified atom stereocenters. The normalized spacial score (nSPS) is 18.6. The average molecular weight is 336 g/mol. The standard InChI is InChI=1S/C16H22BrN3/c1-2-5-15(12-18)20-10-8-19(9-11-20)13-14-6-3-4-7-16(14)17/h3-4,6-7,15H,2,5,8-11,13H2,1H3. The minimum Gasteiger partial charge on any atom is -0.297 e. The van der Waals surface area contributed by atoms with E-state index in [0.717, 1.165) is 45.6 Å². The molecule has 0 saturated carbocycles. The molecule has 1 aromatic rings. The Labute approximate surface area is 130 Å². The molecule has 0 amide bonds. The van der Waals surface area contributed by atoms with Crippen molar-refractivity contribution in [2.45, 2.75) is 32.4 Å². The van der Waals surface area contributed by atoms with Gasteiger partial charge in [0.25, 0.3) is 0 Å². The van der Waals surface area contributed by atoms with Crippen molar-refractivity contribution in [2.75, 3.05) is 26.2 Å². The molecule has 1 aliphatic heterocycles. The zero-order valence-electron chi connectivity index (χ0n) is 12.1. The van der Waals surface area contributed by atoms with E-state index in [2.05, 4.69) is 56.9 Å². The summed E-state index contributed by atoms with van der Waals surface area (Å²) in [6.45, 7) is 7.23. The van der Waals surface area contributed by atoms with Gasteiger partial charge in [0.1, 0.15) is 0 Å². The van der Waals surface area contributed by atoms with Crippen LogP contribution in [0.25, 0.3) is 0 Å². The first-order valence-corrected chi connectivity index (χ1v) is 8.13. The molecule has 0 bridgehead atoms. The van der Waals surface area contributed by atoms with Crippen molar-refractivity contribution in [3.8, 4) is 6.07 Å². The smallest absolute Gasteiger partial charge is 0.0978 e. The first kappa shape index (κ1) is 15.5. The summed E-state index contributed by atoms with van der Waals surface area (Å²) in [7, 11) is 0. The fourth-order valence-corrected chi connectivity index (χ4v) is 3.11. The van der Waals surface area contributed by atoms with Gasteiger partial charge in [0.2, 0.25) is 0 Å². The second-order valence-corrected chi connectivity index (χ2v) is 6.19. The topological polar surface area (TPSA) is 30.3 Å². The fourth-order valence-electron chi connectivity index (χ4n) is 2.70. The van der Waals surface area contributed by atoms with Crippen LogP contribution < -0.4 is 0 Å². The highest BCUT2D eigenvalue weighted by molar-refractivity contribution is 9.10. The average Bonchev–Trinajstić information content (AvgIpc) is 2.48. The summed E-state index contributed by atoms with van der Waals surface area (Å²) in [6, 6.07) is 11.0. The Hall–Kier alpha value is -0.890. The molecule has 1 saturated heterocycles. The van der Waals surface area contributed by atoms with Crippen molar-refractivity contribution in [1.82, 2.24) is 9.80 Å². The Balaban J connectivity index is 1.86.